The van der Waals surface area contributed by atoms with Crippen molar-refractivity contribution < 1.29 is 14.3 Å². The van der Waals surface area contributed by atoms with E-state index in [1.807, 2.05) is 59.5 Å². The fourth-order valence-electron chi connectivity index (χ4n) is 5.29. The van der Waals surface area contributed by atoms with Crippen molar-refractivity contribution in [2.45, 2.75) is 76.4 Å². The van der Waals surface area contributed by atoms with Crippen LogP contribution in [-0.4, -0.2) is 35.4 Å². The first kappa shape index (κ1) is 24.3. The van der Waals surface area contributed by atoms with Gasteiger partial charge in [0.05, 0.1) is 0 Å². The summed E-state index contributed by atoms with van der Waals surface area (Å²) >= 11 is 0. The summed E-state index contributed by atoms with van der Waals surface area (Å²) < 4.78 is 5.59. The molecular formula is C28H37N3O3. The number of carbonyl (C=O) groups excluding carboxylic acids is 2. The fraction of sp³-hybridized carbons (Fsp3) is 0.500. The standard InChI is InChI=1S/C28H37N3O3/c29-24-16-8-10-18-26(24)31(28(33)21-11-3-1-4-12-21)19-22-13-7-9-17-25(22)30-27(32)20-34-23-14-5-2-6-15-23/h2,5-7,9,13-15,17,21,24,26H,1,3-4,8,10-12,16,18-20,29H2,(H,30,32). The van der Waals surface area contributed by atoms with Gasteiger partial charge in [-0.1, -0.05) is 68.5 Å². The number of nitrogens with one attached hydrogen (secondary N) is 1. The zero-order valence-corrected chi connectivity index (χ0v) is 20.0. The molecule has 6 nitrogen and oxygen atoms in total. The summed E-state index contributed by atoms with van der Waals surface area (Å²) in [5.41, 5.74) is 8.18. The Bertz CT molecular complexity index is 943. The number of rotatable bonds is 8. The highest BCUT2D eigenvalue weighted by Gasteiger charge is 2.35. The lowest BCUT2D eigenvalue weighted by Crippen LogP contribution is -2.53. The molecule has 0 heterocycles. The molecule has 2 unspecified atom stereocenters. The molecule has 0 saturated heterocycles. The topological polar surface area (TPSA) is 84.7 Å². The fourth-order valence-corrected chi connectivity index (χ4v) is 5.29. The van der Waals surface area contributed by atoms with E-state index in [2.05, 4.69) is 5.32 Å². The average molecular weight is 464 g/mol. The van der Waals surface area contributed by atoms with Crippen LogP contribution >= 0.6 is 0 Å². The second kappa shape index (κ2) is 12.0. The van der Waals surface area contributed by atoms with Crippen LogP contribution in [0.2, 0.25) is 0 Å². The van der Waals surface area contributed by atoms with Crippen molar-refractivity contribution in [3.63, 3.8) is 0 Å². The molecular weight excluding hydrogens is 426 g/mol. The van der Waals surface area contributed by atoms with E-state index in [-0.39, 0.29) is 36.4 Å². The van der Waals surface area contributed by atoms with E-state index in [0.29, 0.717) is 12.3 Å². The van der Waals surface area contributed by atoms with Crippen LogP contribution in [0.1, 0.15) is 63.4 Å². The maximum absolute atomic E-state index is 13.7. The summed E-state index contributed by atoms with van der Waals surface area (Å²) in [7, 11) is 0. The SMILES string of the molecule is NC1CCCCC1N(Cc1ccccc1NC(=O)COc1ccccc1)C(=O)C1CCCCC1. The van der Waals surface area contributed by atoms with Gasteiger partial charge in [0.15, 0.2) is 6.61 Å². The molecule has 2 saturated carbocycles. The van der Waals surface area contributed by atoms with Crippen LogP contribution in [-0.2, 0) is 16.1 Å². The van der Waals surface area contributed by atoms with E-state index in [9.17, 15) is 9.59 Å². The maximum atomic E-state index is 13.7. The van der Waals surface area contributed by atoms with E-state index in [0.717, 1.165) is 62.6 Å². The first-order valence-electron chi connectivity index (χ1n) is 12.7. The quantitative estimate of drug-likeness (QED) is 0.584. The largest absolute Gasteiger partial charge is 0.484 e. The van der Waals surface area contributed by atoms with Gasteiger partial charge in [0, 0.05) is 30.2 Å². The van der Waals surface area contributed by atoms with Crippen molar-refractivity contribution >= 4 is 17.5 Å². The minimum Gasteiger partial charge on any atom is -0.484 e. The van der Waals surface area contributed by atoms with Crippen LogP contribution in [0.25, 0.3) is 0 Å². The molecule has 3 N–H and O–H groups in total. The number of nitrogens with zero attached hydrogens (tertiary/aromatic N) is 1. The van der Waals surface area contributed by atoms with Gasteiger partial charge in [-0.05, 0) is 49.4 Å². The lowest BCUT2D eigenvalue weighted by Gasteiger charge is -2.41. The third-order valence-corrected chi connectivity index (χ3v) is 7.16. The monoisotopic (exact) mass is 463 g/mol. The van der Waals surface area contributed by atoms with E-state index in [4.69, 9.17) is 10.5 Å². The van der Waals surface area contributed by atoms with Crippen molar-refractivity contribution in [2.75, 3.05) is 11.9 Å². The number of ether oxygens (including phenoxy) is 1. The van der Waals surface area contributed by atoms with Gasteiger partial charge in [-0.15, -0.1) is 0 Å². The van der Waals surface area contributed by atoms with E-state index in [1.54, 1.807) is 0 Å². The zero-order valence-electron chi connectivity index (χ0n) is 20.0. The van der Waals surface area contributed by atoms with Crippen LogP contribution in [0.3, 0.4) is 0 Å². The smallest absolute Gasteiger partial charge is 0.262 e. The molecule has 2 aliphatic rings. The van der Waals surface area contributed by atoms with Gasteiger partial charge in [-0.25, -0.2) is 0 Å². The Morgan fingerprint density at radius 3 is 2.32 bits per heavy atom. The first-order valence-corrected chi connectivity index (χ1v) is 12.7. The van der Waals surface area contributed by atoms with Crippen molar-refractivity contribution in [3.8, 4) is 5.75 Å². The summed E-state index contributed by atoms with van der Waals surface area (Å²) in [6.45, 7) is 0.389. The molecule has 2 amide bonds. The predicted molar refractivity (Wildman–Crippen MR) is 134 cm³/mol. The van der Waals surface area contributed by atoms with Crippen LogP contribution in [0.15, 0.2) is 54.6 Å². The molecule has 2 aliphatic carbocycles. The molecule has 0 bridgehead atoms. The second-order valence-corrected chi connectivity index (χ2v) is 9.62. The summed E-state index contributed by atoms with van der Waals surface area (Å²) in [4.78, 5) is 28.4. The van der Waals surface area contributed by atoms with Crippen LogP contribution in [0.5, 0.6) is 5.75 Å². The van der Waals surface area contributed by atoms with Gasteiger partial charge in [-0.2, -0.15) is 0 Å². The molecule has 0 aromatic heterocycles. The number of hydrogen-bond acceptors (Lipinski definition) is 4. The minimum absolute atomic E-state index is 0.00214. The lowest BCUT2D eigenvalue weighted by atomic mass is 9.85. The molecule has 182 valence electrons. The van der Waals surface area contributed by atoms with Gasteiger partial charge in [-0.3, -0.25) is 9.59 Å². The number of amides is 2. The highest BCUT2D eigenvalue weighted by Crippen LogP contribution is 2.31. The van der Waals surface area contributed by atoms with Gasteiger partial charge >= 0.3 is 0 Å². The van der Waals surface area contributed by atoms with Crippen molar-refractivity contribution in [2.24, 2.45) is 11.7 Å². The Hall–Kier alpha value is -2.86. The van der Waals surface area contributed by atoms with E-state index in [1.165, 1.54) is 6.42 Å². The highest BCUT2D eigenvalue weighted by atomic mass is 16.5. The average Bonchev–Trinajstić information content (AvgIpc) is 2.88. The summed E-state index contributed by atoms with van der Waals surface area (Å²) in [5.74, 6) is 0.747. The van der Waals surface area contributed by atoms with Crippen LogP contribution in [0, 0.1) is 5.92 Å². The van der Waals surface area contributed by atoms with Gasteiger partial charge in [0.25, 0.3) is 5.91 Å². The number of hydrogen-bond donors (Lipinski definition) is 2. The Kier molecular flexibility index (Phi) is 8.58. The second-order valence-electron chi connectivity index (χ2n) is 9.62. The number of benzene rings is 2. The van der Waals surface area contributed by atoms with E-state index >= 15 is 0 Å². The molecule has 2 aromatic rings. The zero-order chi connectivity index (χ0) is 23.8. The number of carbonyl (C=O) groups is 2. The molecule has 0 radical (unpaired) electrons. The van der Waals surface area contributed by atoms with Gasteiger partial charge in [0.1, 0.15) is 5.75 Å². The van der Waals surface area contributed by atoms with Gasteiger partial charge in [0.2, 0.25) is 5.91 Å². The minimum atomic E-state index is -0.226. The van der Waals surface area contributed by atoms with Crippen molar-refractivity contribution in [1.82, 2.24) is 4.90 Å². The Morgan fingerprint density at radius 2 is 1.56 bits per heavy atom. The Labute approximate surface area is 202 Å². The highest BCUT2D eigenvalue weighted by molar-refractivity contribution is 5.92. The molecule has 4 rings (SSSR count). The predicted octanol–water partition coefficient (Wildman–Crippen LogP) is 4.88. The number of para-hydroxylation sites is 2. The third kappa shape index (κ3) is 6.38. The van der Waals surface area contributed by atoms with Crippen LogP contribution in [0.4, 0.5) is 5.69 Å². The van der Waals surface area contributed by atoms with Gasteiger partial charge < -0.3 is 20.7 Å². The third-order valence-electron chi connectivity index (χ3n) is 7.16. The lowest BCUT2D eigenvalue weighted by molar-refractivity contribution is -0.141. The van der Waals surface area contributed by atoms with Crippen LogP contribution < -0.4 is 15.8 Å². The summed E-state index contributed by atoms with van der Waals surface area (Å²) in [6, 6.07) is 17.1. The first-order chi connectivity index (χ1) is 16.6. The number of nitrogens with two attached hydrogens (primary N) is 1. The molecule has 0 aliphatic heterocycles. The molecule has 34 heavy (non-hydrogen) atoms. The maximum Gasteiger partial charge on any atom is 0.262 e. The summed E-state index contributed by atoms with van der Waals surface area (Å²) in [6.07, 6.45) is 9.50. The van der Waals surface area contributed by atoms with E-state index < -0.39 is 0 Å². The normalized spacial score (nSPS) is 21.0. The molecule has 2 aromatic carbocycles. The molecule has 2 fully saturated rings. The summed E-state index contributed by atoms with van der Waals surface area (Å²) in [5, 5.41) is 2.99. The Morgan fingerprint density at radius 1 is 0.882 bits per heavy atom. The van der Waals surface area contributed by atoms with Crippen molar-refractivity contribution in [3.05, 3.63) is 60.2 Å². The molecule has 6 heteroatoms. The number of anilines is 1. The molecule has 0 spiro atoms. The molecule has 2 atom stereocenters. The Balaban J connectivity index is 1.48. The van der Waals surface area contributed by atoms with Crippen molar-refractivity contribution in [1.29, 1.82) is 0 Å².